The molecule has 0 saturated carbocycles. The lowest BCUT2D eigenvalue weighted by Gasteiger charge is -2.32. The number of rotatable bonds is 6. The number of piperidine rings is 1. The van der Waals surface area contributed by atoms with Crippen LogP contribution in [0.2, 0.25) is 0 Å². The molecule has 0 radical (unpaired) electrons. The van der Waals surface area contributed by atoms with Crippen molar-refractivity contribution in [2.75, 3.05) is 13.1 Å². The van der Waals surface area contributed by atoms with E-state index in [1.165, 1.54) is 12.1 Å². The third-order valence-electron chi connectivity index (χ3n) is 4.38. The van der Waals surface area contributed by atoms with Gasteiger partial charge in [0.05, 0.1) is 11.3 Å². The van der Waals surface area contributed by atoms with Crippen molar-refractivity contribution >= 4 is 5.91 Å². The number of hydrogen-bond acceptors (Lipinski definition) is 4. The summed E-state index contributed by atoms with van der Waals surface area (Å²) in [5.74, 6) is -0.489. The van der Waals surface area contributed by atoms with Gasteiger partial charge in [0.15, 0.2) is 0 Å². The van der Waals surface area contributed by atoms with Gasteiger partial charge in [-0.15, -0.1) is 0 Å². The number of alkyl halides is 2. The maximum atomic E-state index is 12.5. The highest BCUT2D eigenvalue weighted by molar-refractivity contribution is 5.97. The van der Waals surface area contributed by atoms with E-state index in [0.29, 0.717) is 0 Å². The standard InChI is InChI=1S/C19H21F2N3O2/c20-19(21)26-17-7-2-1-6-16(17)18(25)23-14-8-11-24(12-9-14)13-15-5-3-4-10-22-15/h1-7,10,14,19H,8-9,11-13H2,(H,23,25). The van der Waals surface area contributed by atoms with Crippen molar-refractivity contribution in [1.82, 2.24) is 15.2 Å². The van der Waals surface area contributed by atoms with Gasteiger partial charge in [0, 0.05) is 31.9 Å². The Labute approximate surface area is 151 Å². The van der Waals surface area contributed by atoms with Gasteiger partial charge in [0.2, 0.25) is 0 Å². The summed E-state index contributed by atoms with van der Waals surface area (Å²) in [7, 11) is 0. The first-order valence-corrected chi connectivity index (χ1v) is 8.59. The molecule has 1 aliphatic rings. The lowest BCUT2D eigenvalue weighted by atomic mass is 10.0. The van der Waals surface area contributed by atoms with Gasteiger partial charge in [0.25, 0.3) is 5.91 Å². The third kappa shape index (κ3) is 4.98. The number of amides is 1. The first-order valence-electron chi connectivity index (χ1n) is 8.59. The second-order valence-electron chi connectivity index (χ2n) is 6.22. The first-order chi connectivity index (χ1) is 12.6. The van der Waals surface area contributed by atoms with Crippen molar-refractivity contribution in [3.63, 3.8) is 0 Å². The second kappa shape index (κ2) is 8.71. The van der Waals surface area contributed by atoms with Crippen LogP contribution in [0.4, 0.5) is 8.78 Å². The van der Waals surface area contributed by atoms with E-state index in [4.69, 9.17) is 0 Å². The molecule has 0 spiro atoms. The molecule has 2 heterocycles. The summed E-state index contributed by atoms with van der Waals surface area (Å²) >= 11 is 0. The van der Waals surface area contributed by atoms with E-state index in [1.807, 2.05) is 18.2 Å². The summed E-state index contributed by atoms with van der Waals surface area (Å²) in [6.45, 7) is -0.487. The third-order valence-corrected chi connectivity index (χ3v) is 4.38. The van der Waals surface area contributed by atoms with E-state index in [0.717, 1.165) is 38.2 Å². The normalized spacial score (nSPS) is 15.8. The van der Waals surface area contributed by atoms with Crippen LogP contribution in [0.1, 0.15) is 28.9 Å². The first kappa shape index (κ1) is 18.3. The molecule has 3 rings (SSSR count). The predicted molar refractivity (Wildman–Crippen MR) is 93.1 cm³/mol. The molecule has 138 valence electrons. The predicted octanol–water partition coefficient (Wildman–Crippen LogP) is 3.08. The fourth-order valence-electron chi connectivity index (χ4n) is 3.07. The molecule has 0 unspecified atom stereocenters. The highest BCUT2D eigenvalue weighted by Crippen LogP contribution is 2.21. The molecule has 26 heavy (non-hydrogen) atoms. The lowest BCUT2D eigenvalue weighted by Crippen LogP contribution is -2.44. The Kier molecular flexibility index (Phi) is 6.12. The summed E-state index contributed by atoms with van der Waals surface area (Å²) in [5, 5.41) is 2.93. The number of nitrogens with zero attached hydrogens (tertiary/aromatic N) is 2. The highest BCUT2D eigenvalue weighted by Gasteiger charge is 2.23. The fraction of sp³-hybridized carbons (Fsp3) is 0.368. The average molecular weight is 361 g/mol. The maximum absolute atomic E-state index is 12.5. The number of ether oxygens (including phenoxy) is 1. The monoisotopic (exact) mass is 361 g/mol. The van der Waals surface area contributed by atoms with E-state index >= 15 is 0 Å². The molecule has 1 saturated heterocycles. The number of halogens is 2. The van der Waals surface area contributed by atoms with E-state index in [2.05, 4.69) is 19.9 Å². The molecule has 1 aromatic carbocycles. The zero-order valence-electron chi connectivity index (χ0n) is 14.3. The van der Waals surface area contributed by atoms with Crippen LogP contribution < -0.4 is 10.1 Å². The van der Waals surface area contributed by atoms with Crippen LogP contribution >= 0.6 is 0 Å². The maximum Gasteiger partial charge on any atom is 0.387 e. The Morgan fingerprint density at radius 2 is 1.92 bits per heavy atom. The molecule has 1 amide bonds. The molecular formula is C19H21F2N3O2. The molecule has 1 fully saturated rings. The van der Waals surface area contributed by atoms with Crippen molar-refractivity contribution in [2.24, 2.45) is 0 Å². The van der Waals surface area contributed by atoms with Crippen molar-refractivity contribution < 1.29 is 18.3 Å². The summed E-state index contributed by atoms with van der Waals surface area (Å²) in [6.07, 6.45) is 3.38. The minimum Gasteiger partial charge on any atom is -0.434 e. The van der Waals surface area contributed by atoms with Crippen LogP contribution in [-0.2, 0) is 6.54 Å². The zero-order chi connectivity index (χ0) is 18.4. The number of carbonyl (C=O) groups excluding carboxylic acids is 1. The van der Waals surface area contributed by atoms with E-state index < -0.39 is 6.61 Å². The Balaban J connectivity index is 1.52. The van der Waals surface area contributed by atoms with Crippen LogP contribution in [0.3, 0.4) is 0 Å². The van der Waals surface area contributed by atoms with Gasteiger partial charge in [-0.25, -0.2) is 0 Å². The highest BCUT2D eigenvalue weighted by atomic mass is 19.3. The average Bonchev–Trinajstić information content (AvgIpc) is 2.64. The number of aromatic nitrogens is 1. The molecule has 5 nitrogen and oxygen atoms in total. The Bertz CT molecular complexity index is 720. The van der Waals surface area contributed by atoms with Gasteiger partial charge in [-0.05, 0) is 37.1 Å². The van der Waals surface area contributed by atoms with Crippen molar-refractivity contribution in [3.05, 3.63) is 59.9 Å². The van der Waals surface area contributed by atoms with Gasteiger partial charge in [-0.2, -0.15) is 8.78 Å². The van der Waals surface area contributed by atoms with Crippen molar-refractivity contribution in [1.29, 1.82) is 0 Å². The van der Waals surface area contributed by atoms with Crippen LogP contribution in [0.5, 0.6) is 5.75 Å². The topological polar surface area (TPSA) is 54.5 Å². The SMILES string of the molecule is O=C(NC1CCN(Cc2ccccn2)CC1)c1ccccc1OC(F)F. The Morgan fingerprint density at radius 1 is 1.19 bits per heavy atom. The number of likely N-dealkylation sites (tertiary alicyclic amines) is 1. The van der Waals surface area contributed by atoms with Gasteiger partial charge in [-0.1, -0.05) is 18.2 Å². The Hall–Kier alpha value is -2.54. The van der Waals surface area contributed by atoms with Crippen LogP contribution in [0.15, 0.2) is 48.7 Å². The molecule has 0 bridgehead atoms. The summed E-state index contributed by atoms with van der Waals surface area (Å²) in [5.41, 5.74) is 1.15. The quantitative estimate of drug-likeness (QED) is 0.859. The number of para-hydroxylation sites is 1. The van der Waals surface area contributed by atoms with E-state index in [-0.39, 0.29) is 23.3 Å². The lowest BCUT2D eigenvalue weighted by molar-refractivity contribution is -0.0501. The summed E-state index contributed by atoms with van der Waals surface area (Å²) in [6, 6.07) is 11.9. The number of pyridine rings is 1. The van der Waals surface area contributed by atoms with Gasteiger partial charge >= 0.3 is 6.61 Å². The molecular weight excluding hydrogens is 340 g/mol. The van der Waals surface area contributed by atoms with Crippen molar-refractivity contribution in [2.45, 2.75) is 32.0 Å². The minimum absolute atomic E-state index is 0.0158. The van der Waals surface area contributed by atoms with Crippen LogP contribution in [0, 0.1) is 0 Å². The molecule has 1 aliphatic heterocycles. The second-order valence-corrected chi connectivity index (χ2v) is 6.22. The molecule has 7 heteroatoms. The van der Waals surface area contributed by atoms with Gasteiger partial charge in [-0.3, -0.25) is 14.7 Å². The zero-order valence-corrected chi connectivity index (χ0v) is 14.3. The largest absolute Gasteiger partial charge is 0.434 e. The summed E-state index contributed by atoms with van der Waals surface area (Å²) < 4.78 is 29.4. The van der Waals surface area contributed by atoms with E-state index in [9.17, 15) is 13.6 Å². The summed E-state index contributed by atoms with van der Waals surface area (Å²) in [4.78, 5) is 19.0. The van der Waals surface area contributed by atoms with E-state index in [1.54, 1.807) is 18.3 Å². The molecule has 1 N–H and O–H groups in total. The smallest absolute Gasteiger partial charge is 0.387 e. The van der Waals surface area contributed by atoms with Crippen LogP contribution in [0.25, 0.3) is 0 Å². The Morgan fingerprint density at radius 3 is 2.62 bits per heavy atom. The van der Waals surface area contributed by atoms with Gasteiger partial charge in [0.1, 0.15) is 5.75 Å². The van der Waals surface area contributed by atoms with Gasteiger partial charge < -0.3 is 10.1 Å². The molecule has 0 atom stereocenters. The number of hydrogen-bond donors (Lipinski definition) is 1. The fourth-order valence-corrected chi connectivity index (χ4v) is 3.07. The number of benzene rings is 1. The van der Waals surface area contributed by atoms with Crippen LogP contribution in [-0.4, -0.2) is 41.5 Å². The minimum atomic E-state index is -2.96. The molecule has 0 aliphatic carbocycles. The number of carbonyl (C=O) groups is 1. The van der Waals surface area contributed by atoms with Crippen molar-refractivity contribution in [3.8, 4) is 5.75 Å². The molecule has 1 aromatic heterocycles. The molecule has 2 aromatic rings. The number of nitrogens with one attached hydrogen (secondary N) is 1.